The molecule has 2 aliphatic rings. The molecule has 27 heavy (non-hydrogen) atoms. The molecule has 2 rings (SSSR count). The van der Waals surface area contributed by atoms with E-state index in [1.165, 1.54) is 19.4 Å². The van der Waals surface area contributed by atoms with Gasteiger partial charge < -0.3 is 15.0 Å². The number of carbonyl (C=O) groups is 1. The van der Waals surface area contributed by atoms with E-state index in [2.05, 4.69) is 42.9 Å². The van der Waals surface area contributed by atoms with Gasteiger partial charge in [-0.25, -0.2) is 0 Å². The van der Waals surface area contributed by atoms with Gasteiger partial charge in [-0.05, 0) is 72.0 Å². The monoisotopic (exact) mass is 381 g/mol. The molecule has 0 aromatic rings. The van der Waals surface area contributed by atoms with Gasteiger partial charge in [0.2, 0.25) is 5.91 Å². The third-order valence-electron chi connectivity index (χ3n) is 5.87. The molecule has 1 amide bonds. The van der Waals surface area contributed by atoms with Gasteiger partial charge in [0, 0.05) is 31.1 Å². The Labute approximate surface area is 167 Å². The van der Waals surface area contributed by atoms with Crippen LogP contribution in [0.5, 0.6) is 0 Å². The zero-order chi connectivity index (χ0) is 20.2. The number of rotatable bonds is 6. The highest BCUT2D eigenvalue weighted by atomic mass is 16.5. The van der Waals surface area contributed by atoms with Crippen LogP contribution in [-0.4, -0.2) is 73.2 Å². The van der Waals surface area contributed by atoms with Crippen molar-refractivity contribution in [2.45, 2.75) is 84.9 Å². The number of ether oxygens (including phenoxy) is 1. The van der Waals surface area contributed by atoms with Gasteiger partial charge in [-0.15, -0.1) is 0 Å². The Hall–Kier alpha value is -0.650. The number of amides is 1. The predicted octanol–water partition coefficient (Wildman–Crippen LogP) is 3.14. The van der Waals surface area contributed by atoms with E-state index < -0.39 is 0 Å². The first kappa shape index (κ1) is 22.6. The highest BCUT2D eigenvalue weighted by molar-refractivity contribution is 5.78. The fourth-order valence-electron chi connectivity index (χ4n) is 4.46. The lowest BCUT2D eigenvalue weighted by molar-refractivity contribution is -0.127. The molecule has 5 nitrogen and oxygen atoms in total. The molecule has 2 fully saturated rings. The van der Waals surface area contributed by atoms with Crippen LogP contribution in [0.2, 0.25) is 0 Å². The smallest absolute Gasteiger partial charge is 0.223 e. The quantitative estimate of drug-likeness (QED) is 0.718. The van der Waals surface area contributed by atoms with Crippen LogP contribution >= 0.6 is 0 Å². The Morgan fingerprint density at radius 1 is 1.11 bits per heavy atom. The van der Waals surface area contributed by atoms with Gasteiger partial charge in [0.25, 0.3) is 0 Å². The number of nitrogens with zero attached hydrogens (tertiary/aromatic N) is 2. The molecule has 0 radical (unpaired) electrons. The zero-order valence-corrected chi connectivity index (χ0v) is 18.8. The molecule has 0 unspecified atom stereocenters. The summed E-state index contributed by atoms with van der Waals surface area (Å²) in [5.74, 6) is 0.377. The van der Waals surface area contributed by atoms with Crippen LogP contribution in [0.4, 0.5) is 0 Å². The maximum Gasteiger partial charge on any atom is 0.223 e. The molecule has 158 valence electrons. The van der Waals surface area contributed by atoms with Crippen LogP contribution in [0.1, 0.15) is 67.2 Å². The van der Waals surface area contributed by atoms with E-state index in [1.54, 1.807) is 0 Å². The largest absolute Gasteiger partial charge is 0.374 e. The first-order valence-electron chi connectivity index (χ1n) is 10.8. The second-order valence-corrected chi connectivity index (χ2v) is 10.8. The fourth-order valence-corrected chi connectivity index (χ4v) is 4.46. The van der Waals surface area contributed by atoms with Crippen molar-refractivity contribution in [3.63, 3.8) is 0 Å². The van der Waals surface area contributed by atoms with E-state index in [4.69, 9.17) is 4.74 Å². The van der Waals surface area contributed by atoms with Gasteiger partial charge in [-0.2, -0.15) is 0 Å². The molecule has 2 atom stereocenters. The van der Waals surface area contributed by atoms with E-state index in [0.29, 0.717) is 30.7 Å². The number of likely N-dealkylation sites (tertiary alicyclic amines) is 2. The number of carbonyl (C=O) groups excluding carboxylic acids is 1. The Morgan fingerprint density at radius 3 is 2.30 bits per heavy atom. The van der Waals surface area contributed by atoms with E-state index in [9.17, 15) is 4.79 Å². The minimum Gasteiger partial charge on any atom is -0.374 e. The van der Waals surface area contributed by atoms with Crippen molar-refractivity contribution >= 4 is 5.91 Å². The summed E-state index contributed by atoms with van der Waals surface area (Å²) in [6, 6.07) is 1.35. The van der Waals surface area contributed by atoms with E-state index in [0.717, 1.165) is 25.9 Å². The van der Waals surface area contributed by atoms with Crippen molar-refractivity contribution in [3.05, 3.63) is 0 Å². The SMILES string of the molecule is CN1C[C@@H](N2CCC(C(=O)NCCOC(C)(C)C)CC2)C[C@H]1CC(C)(C)C. The standard InChI is InChI=1S/C22H43N3O2/c1-21(2,3)15-18-14-19(16-24(18)7)25-11-8-17(9-12-25)20(26)23-10-13-27-22(4,5)6/h17-19H,8-16H2,1-7H3,(H,23,26)/t18-,19-/m0/s1. The van der Waals surface area contributed by atoms with Gasteiger partial charge in [0.05, 0.1) is 12.2 Å². The average Bonchev–Trinajstić information content (AvgIpc) is 2.89. The lowest BCUT2D eigenvalue weighted by Gasteiger charge is -2.35. The van der Waals surface area contributed by atoms with Gasteiger partial charge in [0.1, 0.15) is 0 Å². The van der Waals surface area contributed by atoms with Crippen LogP contribution in [0, 0.1) is 11.3 Å². The average molecular weight is 382 g/mol. The minimum atomic E-state index is -0.143. The van der Waals surface area contributed by atoms with Gasteiger partial charge in [-0.3, -0.25) is 9.69 Å². The third kappa shape index (κ3) is 7.71. The molecule has 0 saturated carbocycles. The third-order valence-corrected chi connectivity index (χ3v) is 5.87. The van der Waals surface area contributed by atoms with Crippen molar-refractivity contribution in [3.8, 4) is 0 Å². The summed E-state index contributed by atoms with van der Waals surface area (Å²) in [5, 5.41) is 3.06. The Bertz CT molecular complexity index is 473. The molecule has 0 aliphatic carbocycles. The Balaban J connectivity index is 1.70. The van der Waals surface area contributed by atoms with E-state index >= 15 is 0 Å². The molecular formula is C22H43N3O2. The maximum absolute atomic E-state index is 12.4. The second kappa shape index (κ2) is 9.23. The minimum absolute atomic E-state index is 0.143. The first-order chi connectivity index (χ1) is 12.4. The molecule has 5 heteroatoms. The summed E-state index contributed by atoms with van der Waals surface area (Å²) in [5.41, 5.74) is 0.241. The van der Waals surface area contributed by atoms with Crippen molar-refractivity contribution < 1.29 is 9.53 Å². The first-order valence-corrected chi connectivity index (χ1v) is 10.8. The number of nitrogens with one attached hydrogen (secondary N) is 1. The molecule has 2 aliphatic heterocycles. The molecule has 2 saturated heterocycles. The Morgan fingerprint density at radius 2 is 1.74 bits per heavy atom. The van der Waals surface area contributed by atoms with Gasteiger partial charge >= 0.3 is 0 Å². The number of likely N-dealkylation sites (N-methyl/N-ethyl adjacent to an activating group) is 1. The fraction of sp³-hybridized carbons (Fsp3) is 0.955. The molecule has 0 aromatic heterocycles. The summed E-state index contributed by atoms with van der Waals surface area (Å²) in [6.07, 6.45) is 4.50. The van der Waals surface area contributed by atoms with Crippen LogP contribution < -0.4 is 5.32 Å². The van der Waals surface area contributed by atoms with E-state index in [1.807, 2.05) is 20.8 Å². The van der Waals surface area contributed by atoms with Gasteiger partial charge in [0.15, 0.2) is 0 Å². The Kier molecular flexibility index (Phi) is 7.74. The molecule has 2 heterocycles. The normalized spacial score (nSPS) is 26.5. The van der Waals surface area contributed by atoms with Crippen LogP contribution in [0.15, 0.2) is 0 Å². The van der Waals surface area contributed by atoms with Crippen molar-refractivity contribution in [1.29, 1.82) is 0 Å². The van der Waals surface area contributed by atoms with Crippen LogP contribution in [0.25, 0.3) is 0 Å². The van der Waals surface area contributed by atoms with Crippen LogP contribution in [0.3, 0.4) is 0 Å². The highest BCUT2D eigenvalue weighted by Gasteiger charge is 2.37. The molecule has 1 N–H and O–H groups in total. The lowest BCUT2D eigenvalue weighted by atomic mass is 9.86. The summed E-state index contributed by atoms with van der Waals surface area (Å²) in [7, 11) is 2.27. The molecule has 0 spiro atoms. The second-order valence-electron chi connectivity index (χ2n) is 10.8. The number of piperidine rings is 1. The van der Waals surface area contributed by atoms with Crippen molar-refractivity contribution in [2.24, 2.45) is 11.3 Å². The number of hydrogen-bond acceptors (Lipinski definition) is 4. The lowest BCUT2D eigenvalue weighted by Crippen LogP contribution is -2.46. The maximum atomic E-state index is 12.4. The van der Waals surface area contributed by atoms with Gasteiger partial charge in [-0.1, -0.05) is 20.8 Å². The summed E-state index contributed by atoms with van der Waals surface area (Å²) < 4.78 is 5.68. The molecule has 0 bridgehead atoms. The van der Waals surface area contributed by atoms with Crippen molar-refractivity contribution in [1.82, 2.24) is 15.1 Å². The molecular weight excluding hydrogens is 338 g/mol. The summed E-state index contributed by atoms with van der Waals surface area (Å²) >= 11 is 0. The number of hydrogen-bond donors (Lipinski definition) is 1. The summed E-state index contributed by atoms with van der Waals surface area (Å²) in [4.78, 5) is 17.6. The van der Waals surface area contributed by atoms with E-state index in [-0.39, 0.29) is 17.4 Å². The van der Waals surface area contributed by atoms with Crippen LogP contribution in [-0.2, 0) is 9.53 Å². The van der Waals surface area contributed by atoms with Crippen molar-refractivity contribution in [2.75, 3.05) is 39.8 Å². The summed E-state index contributed by atoms with van der Waals surface area (Å²) in [6.45, 7) is 17.6. The predicted molar refractivity (Wildman–Crippen MR) is 112 cm³/mol. The highest BCUT2D eigenvalue weighted by Crippen LogP contribution is 2.32. The topological polar surface area (TPSA) is 44.8 Å². The molecule has 0 aromatic carbocycles. The zero-order valence-electron chi connectivity index (χ0n) is 18.8.